The van der Waals surface area contributed by atoms with Crippen LogP contribution < -0.4 is 5.43 Å². The van der Waals surface area contributed by atoms with Crippen molar-refractivity contribution in [1.29, 1.82) is 0 Å². The molecule has 1 aliphatic carbocycles. The van der Waals surface area contributed by atoms with Gasteiger partial charge in [-0.05, 0) is 44.2 Å². The average Bonchev–Trinajstić information content (AvgIpc) is 3.08. The third kappa shape index (κ3) is 1.89. The highest BCUT2D eigenvalue weighted by Crippen LogP contribution is 2.38. The van der Waals surface area contributed by atoms with E-state index in [9.17, 15) is 9.59 Å². The lowest BCUT2D eigenvalue weighted by atomic mass is 10.1. The van der Waals surface area contributed by atoms with E-state index in [1.807, 2.05) is 17.9 Å². The number of carbonyl (C=O) groups excluding carboxylic acids is 1. The molecule has 108 valence electrons. The Kier molecular flexibility index (Phi) is 2.67. The standard InChI is InChI=1S/C17H18N2O2/c1-10-7-15(20)13-3-2-4-14(16(13)18-10)17(21)19-9-11-5-6-12(19)8-11/h2-4,7,11-12H,5-6,8-9H2,1H3,(H,18,20)/t11-,12-/m0/s1. The van der Waals surface area contributed by atoms with Gasteiger partial charge in [-0.3, -0.25) is 9.59 Å². The zero-order chi connectivity index (χ0) is 14.6. The highest BCUT2D eigenvalue weighted by Gasteiger charge is 2.40. The SMILES string of the molecule is Cc1cc(=O)c2cccc(C(=O)N3C[C@H]4CC[C@H]3C4)c2[nH]1. The van der Waals surface area contributed by atoms with E-state index >= 15 is 0 Å². The number of aryl methyl sites for hydroxylation is 1. The Hall–Kier alpha value is -2.10. The number of hydrogen-bond donors (Lipinski definition) is 1. The number of nitrogens with zero attached hydrogens (tertiary/aromatic N) is 1. The number of para-hydroxylation sites is 1. The van der Waals surface area contributed by atoms with Gasteiger partial charge in [0.1, 0.15) is 0 Å². The minimum absolute atomic E-state index is 0.0288. The molecular weight excluding hydrogens is 264 g/mol. The number of nitrogens with one attached hydrogen (secondary N) is 1. The van der Waals surface area contributed by atoms with E-state index in [4.69, 9.17) is 0 Å². The zero-order valence-electron chi connectivity index (χ0n) is 12.1. The summed E-state index contributed by atoms with van der Waals surface area (Å²) in [5, 5.41) is 0.593. The maximum atomic E-state index is 12.9. The quantitative estimate of drug-likeness (QED) is 0.873. The van der Waals surface area contributed by atoms with Gasteiger partial charge in [0.05, 0.1) is 11.1 Å². The van der Waals surface area contributed by atoms with Crippen LogP contribution in [0.4, 0.5) is 0 Å². The normalized spacial score (nSPS) is 24.0. The Morgan fingerprint density at radius 3 is 2.90 bits per heavy atom. The number of amides is 1. The molecule has 1 aromatic carbocycles. The number of H-pyrrole nitrogens is 1. The highest BCUT2D eigenvalue weighted by molar-refractivity contribution is 6.05. The van der Waals surface area contributed by atoms with Crippen molar-refractivity contribution in [3.63, 3.8) is 0 Å². The number of fused-ring (bicyclic) bond motifs is 3. The second-order valence-corrected chi connectivity index (χ2v) is 6.34. The van der Waals surface area contributed by atoms with Crippen molar-refractivity contribution in [1.82, 2.24) is 9.88 Å². The lowest BCUT2D eigenvalue weighted by molar-refractivity contribution is 0.0705. The first-order valence-electron chi connectivity index (χ1n) is 7.57. The molecule has 1 saturated heterocycles. The number of aromatic amines is 1. The fourth-order valence-corrected chi connectivity index (χ4v) is 3.91. The minimum atomic E-state index is -0.0288. The van der Waals surface area contributed by atoms with Gasteiger partial charge in [0.25, 0.3) is 5.91 Å². The Labute approximate surface area is 122 Å². The Bertz CT molecular complexity index is 793. The summed E-state index contributed by atoms with van der Waals surface area (Å²) in [5.74, 6) is 0.740. The smallest absolute Gasteiger partial charge is 0.256 e. The van der Waals surface area contributed by atoms with E-state index in [0.717, 1.165) is 25.1 Å². The van der Waals surface area contributed by atoms with E-state index in [2.05, 4.69) is 4.98 Å². The number of rotatable bonds is 1. The number of benzene rings is 1. The van der Waals surface area contributed by atoms with Gasteiger partial charge in [-0.15, -0.1) is 0 Å². The zero-order valence-corrected chi connectivity index (χ0v) is 12.1. The van der Waals surface area contributed by atoms with Gasteiger partial charge in [-0.25, -0.2) is 0 Å². The molecule has 1 N–H and O–H groups in total. The van der Waals surface area contributed by atoms with Crippen LogP contribution >= 0.6 is 0 Å². The summed E-state index contributed by atoms with van der Waals surface area (Å²) in [6.45, 7) is 2.72. The molecule has 2 atom stereocenters. The Morgan fingerprint density at radius 2 is 2.19 bits per heavy atom. The van der Waals surface area contributed by atoms with Crippen LogP contribution in [-0.2, 0) is 0 Å². The van der Waals surface area contributed by atoms with Gasteiger partial charge >= 0.3 is 0 Å². The van der Waals surface area contributed by atoms with E-state index in [1.165, 1.54) is 6.42 Å². The van der Waals surface area contributed by atoms with Crippen LogP contribution in [-0.4, -0.2) is 28.4 Å². The number of carbonyl (C=O) groups is 1. The summed E-state index contributed by atoms with van der Waals surface area (Å²) in [7, 11) is 0. The van der Waals surface area contributed by atoms with Crippen LogP contribution in [0.2, 0.25) is 0 Å². The van der Waals surface area contributed by atoms with Gasteiger partial charge in [-0.1, -0.05) is 6.07 Å². The van der Waals surface area contributed by atoms with Crippen LogP contribution in [0.5, 0.6) is 0 Å². The number of piperidine rings is 1. The number of pyridine rings is 1. The van der Waals surface area contributed by atoms with Gasteiger partial charge in [0, 0.05) is 29.7 Å². The van der Waals surface area contributed by atoms with Crippen molar-refractivity contribution < 1.29 is 4.79 Å². The first-order chi connectivity index (χ1) is 10.1. The predicted molar refractivity (Wildman–Crippen MR) is 81.5 cm³/mol. The van der Waals surface area contributed by atoms with E-state index in [1.54, 1.807) is 18.2 Å². The fourth-order valence-electron chi connectivity index (χ4n) is 3.91. The topological polar surface area (TPSA) is 53.2 Å². The molecule has 4 heteroatoms. The van der Waals surface area contributed by atoms with Crippen LogP contribution in [0, 0.1) is 12.8 Å². The summed E-state index contributed by atoms with van der Waals surface area (Å²) in [4.78, 5) is 30.2. The molecule has 1 aromatic heterocycles. The Morgan fingerprint density at radius 1 is 1.33 bits per heavy atom. The fraction of sp³-hybridized carbons (Fsp3) is 0.412. The van der Waals surface area contributed by atoms with Crippen LogP contribution in [0.25, 0.3) is 10.9 Å². The molecule has 2 bridgehead atoms. The van der Waals surface area contributed by atoms with Crippen molar-refractivity contribution in [2.24, 2.45) is 5.92 Å². The second-order valence-electron chi connectivity index (χ2n) is 6.34. The summed E-state index contributed by atoms with van der Waals surface area (Å²) >= 11 is 0. The molecule has 0 unspecified atom stereocenters. The molecule has 21 heavy (non-hydrogen) atoms. The lowest BCUT2D eigenvalue weighted by Crippen LogP contribution is -2.37. The third-order valence-electron chi connectivity index (χ3n) is 4.90. The molecule has 4 nitrogen and oxygen atoms in total. The maximum absolute atomic E-state index is 12.9. The summed E-state index contributed by atoms with van der Waals surface area (Å²) in [6, 6.07) is 7.38. The predicted octanol–water partition coefficient (Wildman–Crippen LogP) is 2.46. The molecule has 1 saturated carbocycles. The number of likely N-dealkylation sites (tertiary alicyclic amines) is 1. The van der Waals surface area contributed by atoms with Gasteiger partial charge in [0.15, 0.2) is 5.43 Å². The molecule has 0 spiro atoms. The van der Waals surface area contributed by atoms with Crippen LogP contribution in [0.3, 0.4) is 0 Å². The van der Waals surface area contributed by atoms with Gasteiger partial charge < -0.3 is 9.88 Å². The van der Waals surface area contributed by atoms with E-state index in [-0.39, 0.29) is 11.3 Å². The lowest BCUT2D eigenvalue weighted by Gasteiger charge is -2.27. The monoisotopic (exact) mass is 282 g/mol. The molecule has 4 rings (SSSR count). The van der Waals surface area contributed by atoms with Gasteiger partial charge in [0.2, 0.25) is 0 Å². The van der Waals surface area contributed by atoms with E-state index < -0.39 is 0 Å². The first kappa shape index (κ1) is 12.6. The molecule has 1 amide bonds. The maximum Gasteiger partial charge on any atom is 0.256 e. The van der Waals surface area contributed by atoms with Gasteiger partial charge in [-0.2, -0.15) is 0 Å². The number of aromatic nitrogens is 1. The van der Waals surface area contributed by atoms with Crippen molar-refractivity contribution in [3.05, 3.63) is 45.7 Å². The highest BCUT2D eigenvalue weighted by atomic mass is 16.2. The molecule has 1 aliphatic heterocycles. The molecule has 2 aliphatic rings. The molecule has 2 fully saturated rings. The summed E-state index contributed by atoms with van der Waals surface area (Å²) in [5.41, 5.74) is 2.06. The third-order valence-corrected chi connectivity index (χ3v) is 4.90. The molecular formula is C17H18N2O2. The minimum Gasteiger partial charge on any atom is -0.358 e. The molecule has 0 radical (unpaired) electrons. The molecule has 2 heterocycles. The number of hydrogen-bond acceptors (Lipinski definition) is 2. The first-order valence-corrected chi connectivity index (χ1v) is 7.57. The average molecular weight is 282 g/mol. The van der Waals surface area contributed by atoms with Crippen molar-refractivity contribution >= 4 is 16.8 Å². The van der Waals surface area contributed by atoms with Crippen LogP contribution in [0.15, 0.2) is 29.1 Å². The largest absolute Gasteiger partial charge is 0.358 e. The summed E-state index contributed by atoms with van der Waals surface area (Å²) < 4.78 is 0. The van der Waals surface area contributed by atoms with Crippen LogP contribution in [0.1, 0.15) is 35.3 Å². The van der Waals surface area contributed by atoms with Crippen molar-refractivity contribution in [2.45, 2.75) is 32.2 Å². The molecule has 2 aromatic rings. The summed E-state index contributed by atoms with van der Waals surface area (Å²) in [6.07, 6.45) is 3.52. The van der Waals surface area contributed by atoms with Crippen molar-refractivity contribution in [2.75, 3.05) is 6.54 Å². The van der Waals surface area contributed by atoms with E-state index in [0.29, 0.717) is 28.4 Å². The Balaban J connectivity index is 1.83. The second kappa shape index (κ2) is 4.45. The van der Waals surface area contributed by atoms with Crippen molar-refractivity contribution in [3.8, 4) is 0 Å².